The van der Waals surface area contributed by atoms with Gasteiger partial charge in [0.15, 0.2) is 0 Å². The molecule has 2 N–H and O–H groups in total. The molecule has 164 valence electrons. The molecule has 1 saturated heterocycles. The fourth-order valence-electron chi connectivity index (χ4n) is 5.33. The van der Waals surface area contributed by atoms with E-state index in [0.29, 0.717) is 23.6 Å². The predicted octanol–water partition coefficient (Wildman–Crippen LogP) is 4.98. The molecule has 0 bridgehead atoms. The minimum absolute atomic E-state index is 0.115. The van der Waals surface area contributed by atoms with Crippen molar-refractivity contribution in [1.29, 1.82) is 0 Å². The third-order valence-electron chi connectivity index (χ3n) is 7.17. The Kier molecular flexibility index (Phi) is 5.61. The van der Waals surface area contributed by atoms with Crippen LogP contribution in [0, 0.1) is 6.92 Å². The first kappa shape index (κ1) is 20.7. The van der Waals surface area contributed by atoms with Crippen molar-refractivity contribution in [3.63, 3.8) is 0 Å². The second kappa shape index (κ2) is 8.40. The van der Waals surface area contributed by atoms with Crippen molar-refractivity contribution < 1.29 is 4.79 Å². The topological polar surface area (TPSA) is 60.5 Å². The standard InChI is InChI=1S/C25H32N4OS/c1-15-8-9-16(2)29(15)12-4-6-19-17(3)26-21(23(19)18-10-11-18)14-20-24(27-28-25(20)30)22-7-5-13-31-22/h5,7,13-16,18,26H,4,6,8-12H2,1-3H3,(H,28,30)/b20-14+. The first-order valence-electron chi connectivity index (χ1n) is 11.6. The number of amides is 1. The summed E-state index contributed by atoms with van der Waals surface area (Å²) < 4.78 is 0. The first-order valence-corrected chi connectivity index (χ1v) is 12.5. The van der Waals surface area contributed by atoms with E-state index in [0.717, 1.165) is 22.7 Å². The lowest BCUT2D eigenvalue weighted by Crippen LogP contribution is -2.33. The number of thiophene rings is 1. The maximum absolute atomic E-state index is 12.5. The Morgan fingerprint density at radius 2 is 2.00 bits per heavy atom. The van der Waals surface area contributed by atoms with Gasteiger partial charge in [-0.1, -0.05) is 6.07 Å². The van der Waals surface area contributed by atoms with Crippen LogP contribution < -0.4 is 5.43 Å². The summed E-state index contributed by atoms with van der Waals surface area (Å²) in [6.45, 7) is 8.09. The smallest absolute Gasteiger partial charge is 0.273 e. The van der Waals surface area contributed by atoms with Gasteiger partial charge in [0, 0.05) is 23.5 Å². The van der Waals surface area contributed by atoms with Crippen LogP contribution in [0.3, 0.4) is 0 Å². The molecule has 5 rings (SSSR count). The van der Waals surface area contributed by atoms with Crippen LogP contribution in [0.4, 0.5) is 0 Å². The number of likely N-dealkylation sites (tertiary alicyclic amines) is 1. The average molecular weight is 437 g/mol. The third-order valence-corrected chi connectivity index (χ3v) is 8.04. The van der Waals surface area contributed by atoms with E-state index in [1.54, 1.807) is 11.3 Å². The summed E-state index contributed by atoms with van der Waals surface area (Å²) in [5, 5.41) is 6.32. The zero-order chi connectivity index (χ0) is 21.5. The summed E-state index contributed by atoms with van der Waals surface area (Å²) in [4.78, 5) is 19.9. The van der Waals surface area contributed by atoms with E-state index < -0.39 is 0 Å². The number of hydrogen-bond donors (Lipinski definition) is 2. The number of carbonyl (C=O) groups is 1. The molecule has 3 aliphatic rings. The van der Waals surface area contributed by atoms with Gasteiger partial charge in [-0.15, -0.1) is 11.3 Å². The highest BCUT2D eigenvalue weighted by Gasteiger charge is 2.32. The minimum Gasteiger partial charge on any atom is -0.359 e. The van der Waals surface area contributed by atoms with E-state index in [9.17, 15) is 4.79 Å². The van der Waals surface area contributed by atoms with Crippen LogP contribution in [0.15, 0.2) is 28.2 Å². The Morgan fingerprint density at radius 3 is 2.68 bits per heavy atom. The molecule has 6 heteroatoms. The molecule has 2 unspecified atom stereocenters. The number of rotatable bonds is 7. The molecule has 31 heavy (non-hydrogen) atoms. The zero-order valence-electron chi connectivity index (χ0n) is 18.7. The highest BCUT2D eigenvalue weighted by molar-refractivity contribution is 7.12. The van der Waals surface area contributed by atoms with Gasteiger partial charge in [0.1, 0.15) is 5.71 Å². The van der Waals surface area contributed by atoms with E-state index in [4.69, 9.17) is 0 Å². The Balaban J connectivity index is 1.40. The third kappa shape index (κ3) is 4.03. The highest BCUT2D eigenvalue weighted by Crippen LogP contribution is 2.45. The molecule has 1 amide bonds. The van der Waals surface area contributed by atoms with Crippen LogP contribution in [0.1, 0.15) is 79.3 Å². The number of aryl methyl sites for hydroxylation is 1. The second-order valence-electron chi connectivity index (χ2n) is 9.38. The molecule has 1 saturated carbocycles. The normalized spacial score (nSPS) is 25.5. The Hall–Kier alpha value is -2.18. The largest absolute Gasteiger partial charge is 0.359 e. The molecule has 0 aromatic carbocycles. The van der Waals surface area contributed by atoms with Crippen molar-refractivity contribution in [2.75, 3.05) is 6.54 Å². The number of H-pyrrole nitrogens is 1. The molecule has 2 aliphatic heterocycles. The zero-order valence-corrected chi connectivity index (χ0v) is 19.5. The van der Waals surface area contributed by atoms with E-state index >= 15 is 0 Å². The van der Waals surface area contributed by atoms with Gasteiger partial charge >= 0.3 is 0 Å². The Bertz CT molecular complexity index is 1020. The lowest BCUT2D eigenvalue weighted by atomic mass is 9.98. The van der Waals surface area contributed by atoms with Gasteiger partial charge in [-0.2, -0.15) is 5.10 Å². The molecule has 1 aliphatic carbocycles. The molecule has 2 aromatic rings. The Morgan fingerprint density at radius 1 is 1.23 bits per heavy atom. The summed E-state index contributed by atoms with van der Waals surface area (Å²) in [7, 11) is 0. The van der Waals surface area contributed by atoms with Gasteiger partial charge in [0.25, 0.3) is 5.91 Å². The van der Waals surface area contributed by atoms with Gasteiger partial charge in [0.05, 0.1) is 10.5 Å². The van der Waals surface area contributed by atoms with E-state index in [1.807, 2.05) is 23.6 Å². The summed E-state index contributed by atoms with van der Waals surface area (Å²) in [5.74, 6) is 0.513. The fraction of sp³-hybridized carbons (Fsp3) is 0.520. The monoisotopic (exact) mass is 436 g/mol. The molecule has 2 atom stereocenters. The number of aromatic amines is 1. The number of nitrogens with one attached hydrogen (secondary N) is 2. The second-order valence-corrected chi connectivity index (χ2v) is 10.3. The summed E-state index contributed by atoms with van der Waals surface area (Å²) >= 11 is 1.61. The quantitative estimate of drug-likeness (QED) is 0.601. The van der Waals surface area contributed by atoms with Crippen LogP contribution in [-0.4, -0.2) is 40.1 Å². The maximum atomic E-state index is 12.5. The van der Waals surface area contributed by atoms with Gasteiger partial charge in [-0.05, 0) is 100 Å². The number of nitrogens with zero attached hydrogens (tertiary/aromatic N) is 2. The van der Waals surface area contributed by atoms with Crippen LogP contribution in [0.5, 0.6) is 0 Å². The SMILES string of the molecule is Cc1[nH]c(/C=C2/C(=O)NN=C2c2cccs2)c(C2CC2)c1CCCN1C(C)CCC1C. The molecular weight excluding hydrogens is 404 g/mol. The van der Waals surface area contributed by atoms with E-state index in [2.05, 4.69) is 41.2 Å². The van der Waals surface area contributed by atoms with Crippen molar-refractivity contribution in [2.45, 2.75) is 77.3 Å². The van der Waals surface area contributed by atoms with Gasteiger partial charge in [-0.25, -0.2) is 5.43 Å². The Labute approximate surface area is 188 Å². The molecule has 2 aromatic heterocycles. The van der Waals surface area contributed by atoms with Crippen molar-refractivity contribution in [3.05, 3.63) is 50.5 Å². The van der Waals surface area contributed by atoms with Crippen LogP contribution in [0.2, 0.25) is 0 Å². The van der Waals surface area contributed by atoms with Crippen molar-refractivity contribution >= 4 is 29.0 Å². The average Bonchev–Trinajstić information content (AvgIpc) is 3.03. The highest BCUT2D eigenvalue weighted by atomic mass is 32.1. The summed E-state index contributed by atoms with van der Waals surface area (Å²) in [6, 6.07) is 5.44. The lowest BCUT2D eigenvalue weighted by Gasteiger charge is -2.25. The van der Waals surface area contributed by atoms with E-state index in [1.165, 1.54) is 55.5 Å². The van der Waals surface area contributed by atoms with Gasteiger partial charge in [0.2, 0.25) is 0 Å². The summed E-state index contributed by atoms with van der Waals surface area (Å²) in [5.41, 5.74) is 9.35. The number of aromatic nitrogens is 1. The molecule has 4 heterocycles. The summed E-state index contributed by atoms with van der Waals surface area (Å²) in [6.07, 6.45) is 9.47. The van der Waals surface area contributed by atoms with Crippen molar-refractivity contribution in [1.82, 2.24) is 15.3 Å². The molecule has 0 spiro atoms. The molecule has 0 radical (unpaired) electrons. The number of carbonyl (C=O) groups excluding carboxylic acids is 1. The minimum atomic E-state index is -0.115. The van der Waals surface area contributed by atoms with Crippen LogP contribution >= 0.6 is 11.3 Å². The lowest BCUT2D eigenvalue weighted by molar-refractivity contribution is -0.116. The van der Waals surface area contributed by atoms with Gasteiger partial charge < -0.3 is 4.98 Å². The number of hydrogen-bond acceptors (Lipinski definition) is 4. The molecule has 5 nitrogen and oxygen atoms in total. The first-order chi connectivity index (χ1) is 15.0. The van der Waals surface area contributed by atoms with Crippen LogP contribution in [-0.2, 0) is 11.2 Å². The van der Waals surface area contributed by atoms with E-state index in [-0.39, 0.29) is 5.91 Å². The maximum Gasteiger partial charge on any atom is 0.273 e. The predicted molar refractivity (Wildman–Crippen MR) is 128 cm³/mol. The van der Waals surface area contributed by atoms with Crippen molar-refractivity contribution in [2.24, 2.45) is 5.10 Å². The van der Waals surface area contributed by atoms with Crippen molar-refractivity contribution in [3.8, 4) is 0 Å². The van der Waals surface area contributed by atoms with Crippen LogP contribution in [0.25, 0.3) is 6.08 Å². The number of hydrazone groups is 1. The fourth-order valence-corrected chi connectivity index (χ4v) is 6.05. The molecule has 2 fully saturated rings. The van der Waals surface area contributed by atoms with Gasteiger partial charge in [-0.3, -0.25) is 9.69 Å². The molecular formula is C25H32N4OS.